The van der Waals surface area contributed by atoms with Crippen LogP contribution in [0.15, 0.2) is 35.1 Å². The van der Waals surface area contributed by atoms with Gasteiger partial charge < -0.3 is 24.1 Å². The first-order chi connectivity index (χ1) is 13.0. The molecule has 27 heavy (non-hydrogen) atoms. The Hall–Kier alpha value is -3.22. The molecule has 0 saturated carbocycles. The zero-order chi connectivity index (χ0) is 19.6. The minimum atomic E-state index is -0.709. The maximum absolute atomic E-state index is 12.4. The fraction of sp³-hybridized carbons (Fsp3) is 0.300. The molecule has 1 atom stereocenters. The van der Waals surface area contributed by atoms with Gasteiger partial charge in [0.05, 0.1) is 21.3 Å². The highest BCUT2D eigenvalue weighted by Crippen LogP contribution is 2.39. The van der Waals surface area contributed by atoms with Gasteiger partial charge in [0.1, 0.15) is 11.7 Å². The Morgan fingerprint density at radius 3 is 2.33 bits per heavy atom. The van der Waals surface area contributed by atoms with Crippen molar-refractivity contribution in [1.29, 1.82) is 0 Å². The minimum absolute atomic E-state index is 0.0638. The number of rotatable bonds is 5. The largest absolute Gasteiger partial charge is 0.504 e. The zero-order valence-electron chi connectivity index (χ0n) is 15.3. The van der Waals surface area contributed by atoms with Gasteiger partial charge in [-0.3, -0.25) is 4.79 Å². The average molecular weight is 372 g/mol. The van der Waals surface area contributed by atoms with Gasteiger partial charge in [-0.15, -0.1) is 0 Å². The van der Waals surface area contributed by atoms with Gasteiger partial charge >= 0.3 is 5.97 Å². The average Bonchev–Trinajstić information content (AvgIpc) is 2.79. The molecule has 3 rings (SSSR count). The smallest absolute Gasteiger partial charge is 0.342 e. The van der Waals surface area contributed by atoms with Gasteiger partial charge in [-0.2, -0.15) is 0 Å². The fourth-order valence-corrected chi connectivity index (χ4v) is 3.21. The zero-order valence-corrected chi connectivity index (χ0v) is 15.3. The predicted octanol–water partition coefficient (Wildman–Crippen LogP) is 2.10. The molecule has 1 aliphatic rings. The molecule has 1 N–H and O–H groups in total. The lowest BCUT2D eigenvalue weighted by molar-refractivity contribution is 0.0255. The number of esters is 1. The molecule has 0 radical (unpaired) electrons. The van der Waals surface area contributed by atoms with Crippen molar-refractivity contribution in [2.75, 3.05) is 21.3 Å². The maximum Gasteiger partial charge on any atom is 0.342 e. The van der Waals surface area contributed by atoms with Crippen LogP contribution >= 0.6 is 0 Å². The van der Waals surface area contributed by atoms with Crippen LogP contribution in [0.4, 0.5) is 0 Å². The van der Waals surface area contributed by atoms with Crippen LogP contribution < -0.4 is 19.6 Å². The van der Waals surface area contributed by atoms with E-state index in [2.05, 4.69) is 0 Å². The number of benzene rings is 1. The van der Waals surface area contributed by atoms with E-state index < -0.39 is 23.3 Å². The van der Waals surface area contributed by atoms with Gasteiger partial charge in [-0.1, -0.05) is 12.1 Å². The van der Waals surface area contributed by atoms with Gasteiger partial charge in [-0.05, 0) is 29.3 Å². The molecule has 0 fully saturated rings. The molecule has 1 heterocycles. The molecule has 0 amide bonds. The SMILES string of the molecule is COc1cc(CC2Cc3cccc(=O)c(O)c3C(=O)O2)cc(OC)c1OC. The summed E-state index contributed by atoms with van der Waals surface area (Å²) in [6, 6.07) is 7.98. The van der Waals surface area contributed by atoms with Gasteiger partial charge in [0.15, 0.2) is 17.2 Å². The molecule has 1 unspecified atom stereocenters. The molecular formula is C20H20O7. The number of carbonyl (C=O) groups is 1. The highest BCUT2D eigenvalue weighted by Gasteiger charge is 2.30. The normalized spacial score (nSPS) is 15.5. The fourth-order valence-electron chi connectivity index (χ4n) is 3.21. The lowest BCUT2D eigenvalue weighted by Crippen LogP contribution is -2.29. The van der Waals surface area contributed by atoms with Crippen molar-refractivity contribution >= 4 is 5.97 Å². The first-order valence-electron chi connectivity index (χ1n) is 8.33. The molecular weight excluding hydrogens is 352 g/mol. The van der Waals surface area contributed by atoms with Crippen LogP contribution in [-0.4, -0.2) is 38.5 Å². The Morgan fingerprint density at radius 1 is 1.07 bits per heavy atom. The summed E-state index contributed by atoms with van der Waals surface area (Å²) in [5.41, 5.74) is 0.727. The first kappa shape index (κ1) is 18.6. The van der Waals surface area contributed by atoms with Gasteiger partial charge in [0, 0.05) is 12.8 Å². The van der Waals surface area contributed by atoms with Gasteiger partial charge in [0.25, 0.3) is 0 Å². The van der Waals surface area contributed by atoms with E-state index in [0.29, 0.717) is 35.7 Å². The second-order valence-corrected chi connectivity index (χ2v) is 6.11. The molecule has 0 bridgehead atoms. The van der Waals surface area contributed by atoms with E-state index in [-0.39, 0.29) is 5.56 Å². The van der Waals surface area contributed by atoms with Crippen molar-refractivity contribution in [3.8, 4) is 23.0 Å². The highest BCUT2D eigenvalue weighted by molar-refractivity contribution is 5.94. The molecule has 7 nitrogen and oxygen atoms in total. The summed E-state index contributed by atoms with van der Waals surface area (Å²) in [7, 11) is 4.58. The van der Waals surface area contributed by atoms with E-state index in [1.54, 1.807) is 18.2 Å². The Labute approximate surface area is 156 Å². The lowest BCUT2D eigenvalue weighted by atomic mass is 9.96. The quantitative estimate of drug-likeness (QED) is 0.804. The van der Waals surface area contributed by atoms with E-state index in [4.69, 9.17) is 18.9 Å². The Balaban J connectivity index is 1.93. The summed E-state index contributed by atoms with van der Waals surface area (Å²) in [5.74, 6) is 0.212. The van der Waals surface area contributed by atoms with Gasteiger partial charge in [-0.25, -0.2) is 4.79 Å². The number of cyclic esters (lactones) is 1. The van der Waals surface area contributed by atoms with E-state index >= 15 is 0 Å². The molecule has 2 aromatic rings. The van der Waals surface area contributed by atoms with Gasteiger partial charge in [0.2, 0.25) is 11.2 Å². The molecule has 7 heteroatoms. The highest BCUT2D eigenvalue weighted by atomic mass is 16.5. The molecule has 2 aromatic carbocycles. The molecule has 142 valence electrons. The number of fused-ring (bicyclic) bond motifs is 1. The number of methoxy groups -OCH3 is 3. The van der Waals surface area contributed by atoms with Crippen molar-refractivity contribution in [3.63, 3.8) is 0 Å². The molecule has 0 spiro atoms. The van der Waals surface area contributed by atoms with Crippen LogP contribution in [0.2, 0.25) is 0 Å². The molecule has 0 saturated heterocycles. The van der Waals surface area contributed by atoms with Crippen LogP contribution in [0, 0.1) is 0 Å². The monoisotopic (exact) mass is 372 g/mol. The summed E-state index contributed by atoms with van der Waals surface area (Å²) in [4.78, 5) is 24.1. The number of aromatic hydroxyl groups is 1. The van der Waals surface area contributed by atoms with Crippen LogP contribution in [0.5, 0.6) is 23.0 Å². The standard InChI is InChI=1S/C20H20O7/c1-24-15-8-11(9-16(25-2)19(15)26-3)7-13-10-12-5-4-6-14(21)18(22)17(12)20(23)27-13/h4-6,8-9,13H,7,10H2,1-3H3,(H,21,22). The van der Waals surface area contributed by atoms with Crippen LogP contribution in [0.3, 0.4) is 0 Å². The Kier molecular flexibility index (Phi) is 5.21. The Morgan fingerprint density at radius 2 is 1.74 bits per heavy atom. The summed E-state index contributed by atoms with van der Waals surface area (Å²) < 4.78 is 21.4. The van der Waals surface area contributed by atoms with E-state index in [0.717, 1.165) is 5.56 Å². The molecule has 0 aliphatic carbocycles. The predicted molar refractivity (Wildman–Crippen MR) is 97.1 cm³/mol. The molecule has 1 aliphatic heterocycles. The lowest BCUT2D eigenvalue weighted by Gasteiger charge is -2.24. The van der Waals surface area contributed by atoms with E-state index in [1.165, 1.54) is 33.5 Å². The summed E-state index contributed by atoms with van der Waals surface area (Å²) >= 11 is 0. The topological polar surface area (TPSA) is 91.3 Å². The first-order valence-corrected chi connectivity index (χ1v) is 8.33. The second-order valence-electron chi connectivity index (χ2n) is 6.11. The van der Waals surface area contributed by atoms with Crippen molar-refractivity contribution in [1.82, 2.24) is 0 Å². The van der Waals surface area contributed by atoms with Crippen molar-refractivity contribution < 1.29 is 28.8 Å². The maximum atomic E-state index is 12.4. The third kappa shape index (κ3) is 3.53. The summed E-state index contributed by atoms with van der Waals surface area (Å²) in [5, 5.41) is 9.98. The van der Waals surface area contributed by atoms with Crippen LogP contribution in [0.25, 0.3) is 0 Å². The summed E-state index contributed by atoms with van der Waals surface area (Å²) in [6.45, 7) is 0. The summed E-state index contributed by atoms with van der Waals surface area (Å²) in [6.07, 6.45) is 0.329. The number of carbonyl (C=O) groups excluding carboxylic acids is 1. The van der Waals surface area contributed by atoms with Crippen LogP contribution in [0.1, 0.15) is 21.5 Å². The van der Waals surface area contributed by atoms with Crippen molar-refractivity contribution in [2.24, 2.45) is 0 Å². The number of hydrogen-bond acceptors (Lipinski definition) is 7. The third-order valence-electron chi connectivity index (χ3n) is 4.45. The Bertz CT molecular complexity index is 911. The minimum Gasteiger partial charge on any atom is -0.504 e. The van der Waals surface area contributed by atoms with E-state index in [9.17, 15) is 14.7 Å². The number of hydrogen-bond donors (Lipinski definition) is 1. The molecule has 0 aromatic heterocycles. The van der Waals surface area contributed by atoms with E-state index in [1.807, 2.05) is 0 Å². The number of ether oxygens (including phenoxy) is 4. The van der Waals surface area contributed by atoms with Crippen molar-refractivity contribution in [3.05, 3.63) is 57.2 Å². The van der Waals surface area contributed by atoms with Crippen molar-refractivity contribution in [2.45, 2.75) is 18.9 Å². The second kappa shape index (κ2) is 7.57. The third-order valence-corrected chi connectivity index (χ3v) is 4.45. The van der Waals surface area contributed by atoms with Crippen LogP contribution in [-0.2, 0) is 17.6 Å².